The first kappa shape index (κ1) is 14.1. The maximum Gasteiger partial charge on any atom is 0.337 e. The second kappa shape index (κ2) is 5.79. The highest BCUT2D eigenvalue weighted by atomic mass is 35.5. The zero-order valence-corrected chi connectivity index (χ0v) is 11.5. The minimum atomic E-state index is -1.09. The summed E-state index contributed by atoms with van der Waals surface area (Å²) in [6.45, 7) is 2.11. The number of aromatic hydroxyl groups is 1. The van der Waals surface area contributed by atoms with Gasteiger partial charge in [-0.3, -0.25) is 4.98 Å². The molecule has 1 aromatic heterocycles. The van der Waals surface area contributed by atoms with Crippen molar-refractivity contribution in [3.8, 4) is 5.75 Å². The number of pyridine rings is 1. The second-order valence-electron chi connectivity index (χ2n) is 4.27. The van der Waals surface area contributed by atoms with Crippen LogP contribution in [-0.4, -0.2) is 21.2 Å². The predicted octanol–water partition coefficient (Wildman–Crippen LogP) is 3.06. The number of aromatic carboxylic acids is 1. The van der Waals surface area contributed by atoms with Crippen LogP contribution in [0.3, 0.4) is 0 Å². The monoisotopic (exact) mass is 292 g/mol. The van der Waals surface area contributed by atoms with E-state index in [1.54, 1.807) is 18.2 Å². The van der Waals surface area contributed by atoms with Gasteiger partial charge in [-0.2, -0.15) is 0 Å². The smallest absolute Gasteiger partial charge is 0.337 e. The Morgan fingerprint density at radius 1 is 1.35 bits per heavy atom. The summed E-state index contributed by atoms with van der Waals surface area (Å²) in [6.07, 6.45) is 0. The molecule has 1 heterocycles. The third kappa shape index (κ3) is 3.19. The Balaban J connectivity index is 2.17. The average molecular weight is 293 g/mol. The Labute approximate surface area is 120 Å². The number of benzene rings is 1. The lowest BCUT2D eigenvalue weighted by Gasteiger charge is -2.09. The molecule has 104 valence electrons. The molecule has 2 rings (SSSR count). The molecule has 0 aliphatic rings. The molecule has 20 heavy (non-hydrogen) atoms. The van der Waals surface area contributed by atoms with Crippen molar-refractivity contribution in [3.63, 3.8) is 0 Å². The minimum absolute atomic E-state index is 0.0260. The van der Waals surface area contributed by atoms with Gasteiger partial charge in [0.15, 0.2) is 0 Å². The molecule has 0 unspecified atom stereocenters. The van der Waals surface area contributed by atoms with Gasteiger partial charge in [0.25, 0.3) is 0 Å². The van der Waals surface area contributed by atoms with E-state index in [2.05, 4.69) is 10.3 Å². The van der Waals surface area contributed by atoms with E-state index >= 15 is 0 Å². The molecular weight excluding hydrogens is 280 g/mol. The van der Waals surface area contributed by atoms with Gasteiger partial charge < -0.3 is 15.5 Å². The average Bonchev–Trinajstić information content (AvgIpc) is 2.41. The van der Waals surface area contributed by atoms with Gasteiger partial charge in [-0.25, -0.2) is 4.79 Å². The first-order valence-corrected chi connectivity index (χ1v) is 6.27. The standard InChI is InChI=1S/C14H13ClN2O3/c1-8-2-5-13(18)12(17-8)7-16-9-3-4-11(15)10(6-9)14(19)20/h2-6,16,18H,7H2,1H3,(H,19,20). The number of rotatable bonds is 4. The second-order valence-corrected chi connectivity index (χ2v) is 4.68. The van der Waals surface area contributed by atoms with E-state index in [4.69, 9.17) is 16.7 Å². The number of carboxylic acids is 1. The molecule has 0 aliphatic carbocycles. The number of carboxylic acid groups (broad SMARTS) is 1. The molecule has 0 saturated heterocycles. The van der Waals surface area contributed by atoms with Crippen LogP contribution in [0.1, 0.15) is 21.7 Å². The first-order chi connectivity index (χ1) is 9.47. The molecule has 0 spiro atoms. The van der Waals surface area contributed by atoms with Gasteiger partial charge in [0.2, 0.25) is 0 Å². The predicted molar refractivity (Wildman–Crippen MR) is 76.4 cm³/mol. The van der Waals surface area contributed by atoms with Crippen LogP contribution in [0.15, 0.2) is 30.3 Å². The van der Waals surface area contributed by atoms with Gasteiger partial charge in [-0.15, -0.1) is 0 Å². The van der Waals surface area contributed by atoms with E-state index in [1.807, 2.05) is 6.92 Å². The summed E-state index contributed by atoms with van der Waals surface area (Å²) in [5.74, 6) is -0.995. The Kier molecular flexibility index (Phi) is 4.10. The number of halogens is 1. The Hall–Kier alpha value is -2.27. The highest BCUT2D eigenvalue weighted by Crippen LogP contribution is 2.22. The third-order valence-corrected chi connectivity index (χ3v) is 3.08. The molecule has 1 aromatic carbocycles. The highest BCUT2D eigenvalue weighted by Gasteiger charge is 2.10. The van der Waals surface area contributed by atoms with Crippen LogP contribution in [0.4, 0.5) is 5.69 Å². The molecule has 0 radical (unpaired) electrons. The SMILES string of the molecule is Cc1ccc(O)c(CNc2ccc(Cl)c(C(=O)O)c2)n1. The maximum atomic E-state index is 11.0. The first-order valence-electron chi connectivity index (χ1n) is 5.89. The Bertz CT molecular complexity index is 659. The third-order valence-electron chi connectivity index (χ3n) is 2.75. The zero-order valence-electron chi connectivity index (χ0n) is 10.7. The summed E-state index contributed by atoms with van der Waals surface area (Å²) in [6, 6.07) is 7.91. The van der Waals surface area contributed by atoms with Crippen LogP contribution >= 0.6 is 11.6 Å². The minimum Gasteiger partial charge on any atom is -0.506 e. The number of hydrogen-bond acceptors (Lipinski definition) is 4. The van der Waals surface area contributed by atoms with Gasteiger partial charge in [0, 0.05) is 11.4 Å². The van der Waals surface area contributed by atoms with Crippen molar-refractivity contribution < 1.29 is 15.0 Å². The number of anilines is 1. The van der Waals surface area contributed by atoms with Gasteiger partial charge in [0.05, 0.1) is 17.1 Å². The molecule has 0 atom stereocenters. The van der Waals surface area contributed by atoms with E-state index in [9.17, 15) is 9.90 Å². The van der Waals surface area contributed by atoms with Crippen molar-refractivity contribution in [2.75, 3.05) is 5.32 Å². The molecule has 3 N–H and O–H groups in total. The van der Waals surface area contributed by atoms with Crippen LogP contribution < -0.4 is 5.32 Å². The molecule has 0 saturated carbocycles. The quantitative estimate of drug-likeness (QED) is 0.807. The van der Waals surface area contributed by atoms with Crippen LogP contribution in [0.5, 0.6) is 5.75 Å². The highest BCUT2D eigenvalue weighted by molar-refractivity contribution is 6.33. The van der Waals surface area contributed by atoms with E-state index < -0.39 is 5.97 Å². The number of aromatic nitrogens is 1. The summed E-state index contributed by atoms with van der Waals surface area (Å²) in [5, 5.41) is 21.9. The number of carbonyl (C=O) groups is 1. The topological polar surface area (TPSA) is 82.5 Å². The van der Waals surface area contributed by atoms with Crippen molar-refractivity contribution in [2.24, 2.45) is 0 Å². The Morgan fingerprint density at radius 3 is 2.80 bits per heavy atom. The maximum absolute atomic E-state index is 11.0. The van der Waals surface area contributed by atoms with Crippen molar-refractivity contribution in [1.82, 2.24) is 4.98 Å². The fourth-order valence-electron chi connectivity index (χ4n) is 1.72. The number of hydrogen-bond donors (Lipinski definition) is 3. The molecule has 6 heteroatoms. The molecule has 0 bridgehead atoms. The summed E-state index contributed by atoms with van der Waals surface area (Å²) in [5.41, 5.74) is 1.91. The molecule has 0 amide bonds. The molecule has 0 aliphatic heterocycles. The van der Waals surface area contributed by atoms with Gasteiger partial charge in [-0.1, -0.05) is 11.6 Å². The van der Waals surface area contributed by atoms with Gasteiger partial charge in [-0.05, 0) is 37.3 Å². The zero-order chi connectivity index (χ0) is 14.7. The van der Waals surface area contributed by atoms with E-state index in [1.165, 1.54) is 12.1 Å². The summed E-state index contributed by atoms with van der Waals surface area (Å²) in [4.78, 5) is 15.2. The van der Waals surface area contributed by atoms with E-state index in [-0.39, 0.29) is 22.9 Å². The number of nitrogens with one attached hydrogen (secondary N) is 1. The van der Waals surface area contributed by atoms with Crippen molar-refractivity contribution in [2.45, 2.75) is 13.5 Å². The number of nitrogens with zero attached hydrogens (tertiary/aromatic N) is 1. The lowest BCUT2D eigenvalue weighted by atomic mass is 10.2. The lowest BCUT2D eigenvalue weighted by molar-refractivity contribution is 0.0697. The van der Waals surface area contributed by atoms with Crippen molar-refractivity contribution >= 4 is 23.3 Å². The fourth-order valence-corrected chi connectivity index (χ4v) is 1.92. The van der Waals surface area contributed by atoms with Crippen LogP contribution in [-0.2, 0) is 6.54 Å². The Morgan fingerprint density at radius 2 is 2.10 bits per heavy atom. The van der Waals surface area contributed by atoms with Crippen molar-refractivity contribution in [1.29, 1.82) is 0 Å². The van der Waals surface area contributed by atoms with Gasteiger partial charge >= 0.3 is 5.97 Å². The fraction of sp³-hybridized carbons (Fsp3) is 0.143. The van der Waals surface area contributed by atoms with E-state index in [0.29, 0.717) is 11.4 Å². The summed E-state index contributed by atoms with van der Waals surface area (Å²) >= 11 is 5.79. The summed E-state index contributed by atoms with van der Waals surface area (Å²) in [7, 11) is 0. The normalized spacial score (nSPS) is 10.3. The lowest BCUT2D eigenvalue weighted by Crippen LogP contribution is -2.04. The van der Waals surface area contributed by atoms with Crippen molar-refractivity contribution in [3.05, 3.63) is 52.3 Å². The molecule has 2 aromatic rings. The van der Waals surface area contributed by atoms with Gasteiger partial charge in [0.1, 0.15) is 11.4 Å². The summed E-state index contributed by atoms with van der Waals surface area (Å²) < 4.78 is 0. The van der Waals surface area contributed by atoms with Crippen LogP contribution in [0.25, 0.3) is 0 Å². The van der Waals surface area contributed by atoms with Crippen LogP contribution in [0, 0.1) is 6.92 Å². The molecular formula is C14H13ClN2O3. The number of aryl methyl sites for hydroxylation is 1. The molecule has 0 fully saturated rings. The largest absolute Gasteiger partial charge is 0.506 e. The van der Waals surface area contributed by atoms with E-state index in [0.717, 1.165) is 5.69 Å². The van der Waals surface area contributed by atoms with Crippen LogP contribution in [0.2, 0.25) is 5.02 Å². The molecule has 5 nitrogen and oxygen atoms in total.